The normalized spacial score (nSPS) is 11.4. The van der Waals surface area contributed by atoms with Gasteiger partial charge in [-0.25, -0.2) is 4.79 Å². The van der Waals surface area contributed by atoms with Crippen LogP contribution in [0.4, 0.5) is 4.79 Å². The maximum absolute atomic E-state index is 11.7. The molecule has 0 aromatic carbocycles. The van der Waals surface area contributed by atoms with Crippen LogP contribution in [0.3, 0.4) is 0 Å². The highest BCUT2D eigenvalue weighted by Gasteiger charge is 2.17. The molecule has 0 rings (SSSR count). The van der Waals surface area contributed by atoms with Gasteiger partial charge in [-0.15, -0.1) is 12.3 Å². The van der Waals surface area contributed by atoms with Crippen LogP contribution in [0.5, 0.6) is 0 Å². The van der Waals surface area contributed by atoms with E-state index in [4.69, 9.17) is 16.3 Å². The number of carbonyl (C=O) groups excluding carboxylic acids is 1. The van der Waals surface area contributed by atoms with Crippen molar-refractivity contribution in [1.29, 1.82) is 0 Å². The molecule has 0 spiro atoms. The molecule has 0 heterocycles. The zero-order valence-corrected chi connectivity index (χ0v) is 10.1. The van der Waals surface area contributed by atoms with Crippen LogP contribution < -0.4 is 5.32 Å². The Morgan fingerprint density at radius 1 is 1.59 bits per heavy atom. The van der Waals surface area contributed by atoms with Crippen LogP contribution in [0.25, 0.3) is 0 Å². The maximum Gasteiger partial charge on any atom is 0.323 e. The summed E-state index contributed by atoms with van der Waals surface area (Å²) in [6, 6.07) is -0.640. The van der Waals surface area contributed by atoms with Crippen molar-refractivity contribution in [3.8, 4) is 12.3 Å². The van der Waals surface area contributed by atoms with E-state index in [0.717, 1.165) is 0 Å². The Balaban J connectivity index is 4.31. The van der Waals surface area contributed by atoms with Crippen molar-refractivity contribution in [2.75, 3.05) is 26.8 Å². The highest BCUT2D eigenvalue weighted by Crippen LogP contribution is 1.94. The molecule has 1 unspecified atom stereocenters. The summed E-state index contributed by atoms with van der Waals surface area (Å²) in [7, 11) is 1.48. The van der Waals surface area contributed by atoms with E-state index in [-0.39, 0.29) is 25.7 Å². The average molecular weight is 242 g/mol. The smallest absolute Gasteiger partial charge is 0.323 e. The maximum atomic E-state index is 11.7. The summed E-state index contributed by atoms with van der Waals surface area (Å²) < 4.78 is 4.81. The first kappa shape index (κ1) is 15.3. The first-order chi connectivity index (χ1) is 8.01. The number of rotatable bonds is 7. The molecular weight excluding hydrogens is 224 g/mol. The molecule has 0 fully saturated rings. The van der Waals surface area contributed by atoms with Gasteiger partial charge in [0.15, 0.2) is 0 Å². The van der Waals surface area contributed by atoms with Crippen LogP contribution >= 0.6 is 0 Å². The van der Waals surface area contributed by atoms with E-state index in [0.29, 0.717) is 6.42 Å². The molecule has 0 radical (unpaired) electrons. The highest BCUT2D eigenvalue weighted by atomic mass is 16.5. The number of carboxylic acids is 1. The molecule has 2 N–H and O–H groups in total. The molecular formula is C11H18N2O4. The Morgan fingerprint density at radius 3 is 2.71 bits per heavy atom. The van der Waals surface area contributed by atoms with Crippen LogP contribution in [0.1, 0.15) is 13.3 Å². The number of carbonyl (C=O) groups is 2. The zero-order chi connectivity index (χ0) is 13.3. The lowest BCUT2D eigenvalue weighted by atomic mass is 10.2. The Bertz CT molecular complexity index is 298. The molecule has 17 heavy (non-hydrogen) atoms. The molecule has 2 amide bonds. The van der Waals surface area contributed by atoms with E-state index in [2.05, 4.69) is 11.2 Å². The van der Waals surface area contributed by atoms with Crippen molar-refractivity contribution in [2.45, 2.75) is 19.4 Å². The number of nitrogens with zero attached hydrogens (tertiary/aromatic N) is 1. The van der Waals surface area contributed by atoms with Gasteiger partial charge in [0, 0.05) is 26.1 Å². The number of carboxylic acid groups (broad SMARTS) is 1. The molecule has 1 atom stereocenters. The van der Waals surface area contributed by atoms with E-state index in [1.54, 1.807) is 6.92 Å². The van der Waals surface area contributed by atoms with E-state index in [1.807, 2.05) is 0 Å². The predicted octanol–water partition coefficient (Wildman–Crippen LogP) is 0.141. The molecule has 6 heteroatoms. The van der Waals surface area contributed by atoms with Gasteiger partial charge in [0.25, 0.3) is 0 Å². The van der Waals surface area contributed by atoms with Gasteiger partial charge < -0.3 is 20.1 Å². The van der Waals surface area contributed by atoms with Crippen LogP contribution in [0, 0.1) is 12.3 Å². The Hall–Kier alpha value is -1.74. The summed E-state index contributed by atoms with van der Waals surface area (Å²) in [5.74, 6) is 1.35. The van der Waals surface area contributed by atoms with E-state index < -0.39 is 12.0 Å². The predicted molar refractivity (Wildman–Crippen MR) is 62.5 cm³/mol. The molecule has 0 bridgehead atoms. The van der Waals surface area contributed by atoms with Crippen LogP contribution in [-0.2, 0) is 9.53 Å². The van der Waals surface area contributed by atoms with Crippen molar-refractivity contribution >= 4 is 12.0 Å². The highest BCUT2D eigenvalue weighted by molar-refractivity contribution is 5.80. The summed E-state index contributed by atoms with van der Waals surface area (Å²) in [5.41, 5.74) is 0. The Labute approximate surface area is 101 Å². The standard InChI is InChI=1S/C11H18N2O4/c1-4-5-9(2)12-11(16)13(6-7-17-3)8-10(14)15/h1,9H,5-8H2,2-3H3,(H,12,16)(H,14,15). The molecule has 6 nitrogen and oxygen atoms in total. The number of aliphatic carboxylic acids is 1. The third-order valence-corrected chi connectivity index (χ3v) is 1.97. The second kappa shape index (κ2) is 8.42. The summed E-state index contributed by atoms with van der Waals surface area (Å²) in [6.07, 6.45) is 5.51. The largest absolute Gasteiger partial charge is 0.480 e. The number of amides is 2. The number of methoxy groups -OCH3 is 1. The zero-order valence-electron chi connectivity index (χ0n) is 10.1. The first-order valence-electron chi connectivity index (χ1n) is 5.20. The molecule has 0 aliphatic rings. The summed E-state index contributed by atoms with van der Waals surface area (Å²) in [6.45, 7) is 1.90. The quantitative estimate of drug-likeness (QED) is 0.622. The minimum Gasteiger partial charge on any atom is -0.480 e. The van der Waals surface area contributed by atoms with Crippen molar-refractivity contribution < 1.29 is 19.4 Å². The van der Waals surface area contributed by atoms with Gasteiger partial charge in [0.1, 0.15) is 6.54 Å². The number of nitrogens with one attached hydrogen (secondary N) is 1. The van der Waals surface area contributed by atoms with Crippen molar-refractivity contribution in [1.82, 2.24) is 10.2 Å². The van der Waals surface area contributed by atoms with Gasteiger partial charge in [-0.2, -0.15) is 0 Å². The molecule has 0 aliphatic heterocycles. The van der Waals surface area contributed by atoms with Gasteiger partial charge in [-0.05, 0) is 6.92 Å². The monoisotopic (exact) mass is 242 g/mol. The SMILES string of the molecule is C#CCC(C)NC(=O)N(CCOC)CC(=O)O. The van der Waals surface area contributed by atoms with Crippen molar-refractivity contribution in [3.05, 3.63) is 0 Å². The van der Waals surface area contributed by atoms with Gasteiger partial charge in [0.2, 0.25) is 0 Å². The van der Waals surface area contributed by atoms with Crippen LogP contribution in [-0.4, -0.2) is 54.9 Å². The molecule has 0 aromatic rings. The molecule has 96 valence electrons. The lowest BCUT2D eigenvalue weighted by molar-refractivity contribution is -0.137. The van der Waals surface area contributed by atoms with Gasteiger partial charge in [-0.3, -0.25) is 4.79 Å². The fourth-order valence-corrected chi connectivity index (χ4v) is 1.15. The van der Waals surface area contributed by atoms with Crippen LogP contribution in [0.15, 0.2) is 0 Å². The Morgan fingerprint density at radius 2 is 2.24 bits per heavy atom. The lowest BCUT2D eigenvalue weighted by Gasteiger charge is -2.22. The number of ether oxygens (including phenoxy) is 1. The lowest BCUT2D eigenvalue weighted by Crippen LogP contribution is -2.47. The fraction of sp³-hybridized carbons (Fsp3) is 0.636. The number of urea groups is 1. The topological polar surface area (TPSA) is 78.9 Å². The summed E-state index contributed by atoms with van der Waals surface area (Å²) >= 11 is 0. The minimum atomic E-state index is -1.07. The van der Waals surface area contributed by atoms with E-state index in [9.17, 15) is 9.59 Å². The molecule has 0 aliphatic carbocycles. The number of hydrogen-bond acceptors (Lipinski definition) is 3. The van der Waals surface area contributed by atoms with E-state index in [1.165, 1.54) is 12.0 Å². The Kier molecular flexibility index (Phi) is 7.55. The third kappa shape index (κ3) is 7.19. The van der Waals surface area contributed by atoms with E-state index >= 15 is 0 Å². The third-order valence-electron chi connectivity index (χ3n) is 1.97. The van der Waals surface area contributed by atoms with Gasteiger partial charge in [0.05, 0.1) is 6.61 Å². The second-order valence-electron chi connectivity index (χ2n) is 3.57. The van der Waals surface area contributed by atoms with Gasteiger partial charge >= 0.3 is 12.0 Å². The fourth-order valence-electron chi connectivity index (χ4n) is 1.15. The minimum absolute atomic E-state index is 0.189. The number of terminal acetylenes is 1. The summed E-state index contributed by atoms with van der Waals surface area (Å²) in [4.78, 5) is 23.5. The summed E-state index contributed by atoms with van der Waals surface area (Å²) in [5, 5.41) is 11.3. The van der Waals surface area contributed by atoms with Gasteiger partial charge in [-0.1, -0.05) is 0 Å². The van der Waals surface area contributed by atoms with Crippen molar-refractivity contribution in [3.63, 3.8) is 0 Å². The first-order valence-corrected chi connectivity index (χ1v) is 5.20. The van der Waals surface area contributed by atoms with Crippen LogP contribution in [0.2, 0.25) is 0 Å². The molecule has 0 aromatic heterocycles. The molecule has 0 saturated heterocycles. The number of hydrogen-bond donors (Lipinski definition) is 2. The second-order valence-corrected chi connectivity index (χ2v) is 3.57. The van der Waals surface area contributed by atoms with Crippen molar-refractivity contribution in [2.24, 2.45) is 0 Å². The average Bonchev–Trinajstić information content (AvgIpc) is 2.23. The molecule has 0 saturated carbocycles.